The fourth-order valence-electron chi connectivity index (χ4n) is 3.71. The van der Waals surface area contributed by atoms with Crippen molar-refractivity contribution < 1.29 is 9.90 Å². The van der Waals surface area contributed by atoms with E-state index in [1.54, 1.807) is 12.1 Å². The summed E-state index contributed by atoms with van der Waals surface area (Å²) in [5.74, 6) is -0.398. The van der Waals surface area contributed by atoms with Crippen molar-refractivity contribution in [3.8, 4) is 16.9 Å². The first-order valence-electron chi connectivity index (χ1n) is 7.96. The molecule has 0 radical (unpaired) electrons. The number of carbonyl (C=O) groups is 1. The number of phenolic OH excluding ortho intramolecular Hbond substituents is 1. The van der Waals surface area contributed by atoms with Gasteiger partial charge in [0, 0.05) is 21.9 Å². The summed E-state index contributed by atoms with van der Waals surface area (Å²) < 4.78 is 0. The number of hydrogen-bond donors (Lipinski definition) is 1. The summed E-state index contributed by atoms with van der Waals surface area (Å²) >= 11 is 6.17. The Morgan fingerprint density at radius 3 is 2.52 bits per heavy atom. The minimum atomic E-state index is -0.220. The van der Waals surface area contributed by atoms with Crippen LogP contribution in [0.25, 0.3) is 32.9 Å². The van der Waals surface area contributed by atoms with Gasteiger partial charge in [-0.25, -0.2) is 4.98 Å². The topological polar surface area (TPSA) is 50.2 Å². The van der Waals surface area contributed by atoms with E-state index in [9.17, 15) is 9.90 Å². The summed E-state index contributed by atoms with van der Waals surface area (Å²) in [5.41, 5.74) is 5.18. The molecule has 0 atom stereocenters. The third-order valence-corrected chi connectivity index (χ3v) is 5.10. The number of benzene rings is 3. The average molecular weight is 346 g/mol. The maximum atomic E-state index is 13.0. The molecule has 0 fully saturated rings. The largest absolute Gasteiger partial charge is 0.506 e. The Kier molecular flexibility index (Phi) is 2.77. The van der Waals surface area contributed by atoms with Crippen molar-refractivity contribution in [3.63, 3.8) is 0 Å². The number of aromatic nitrogens is 1. The molecule has 1 N–H and O–H groups in total. The molecule has 0 aliphatic heterocycles. The molecular weight excluding hydrogens is 334 g/mol. The van der Waals surface area contributed by atoms with E-state index in [1.165, 1.54) is 0 Å². The Labute approximate surface area is 148 Å². The highest BCUT2D eigenvalue weighted by molar-refractivity contribution is 6.37. The number of halogens is 1. The molecule has 1 aliphatic rings. The van der Waals surface area contributed by atoms with E-state index in [2.05, 4.69) is 11.1 Å². The maximum Gasteiger partial charge on any atom is 0.198 e. The molecule has 1 heterocycles. The number of ketones is 1. The van der Waals surface area contributed by atoms with Crippen molar-refractivity contribution in [2.24, 2.45) is 0 Å². The van der Waals surface area contributed by atoms with E-state index in [-0.39, 0.29) is 22.1 Å². The Bertz CT molecular complexity index is 1240. The van der Waals surface area contributed by atoms with E-state index in [0.29, 0.717) is 16.5 Å². The number of pyridine rings is 1. The smallest absolute Gasteiger partial charge is 0.198 e. The number of fused-ring (bicyclic) bond motifs is 4. The van der Waals surface area contributed by atoms with Gasteiger partial charge < -0.3 is 5.11 Å². The summed E-state index contributed by atoms with van der Waals surface area (Å²) in [6, 6.07) is 15.2. The molecular formula is C21H12ClNO2. The number of nitrogens with zero attached hydrogens (tertiary/aromatic N) is 1. The molecule has 4 heteroatoms. The molecule has 0 bridgehead atoms. The van der Waals surface area contributed by atoms with Gasteiger partial charge in [0.1, 0.15) is 5.75 Å². The minimum Gasteiger partial charge on any atom is -0.506 e. The Morgan fingerprint density at radius 2 is 1.72 bits per heavy atom. The van der Waals surface area contributed by atoms with Crippen molar-refractivity contribution in [1.29, 1.82) is 0 Å². The molecule has 4 aromatic rings. The highest BCUT2D eigenvalue weighted by Gasteiger charge is 2.31. The van der Waals surface area contributed by atoms with Crippen molar-refractivity contribution >= 4 is 39.2 Å². The fraction of sp³-hybridized carbons (Fsp3) is 0.0476. The average Bonchev–Trinajstić information content (AvgIpc) is 2.61. The highest BCUT2D eigenvalue weighted by Crippen LogP contribution is 2.47. The molecule has 0 unspecified atom stereocenters. The van der Waals surface area contributed by atoms with Crippen molar-refractivity contribution in [1.82, 2.24) is 4.98 Å². The number of phenols is 1. The monoisotopic (exact) mass is 345 g/mol. The van der Waals surface area contributed by atoms with Gasteiger partial charge in [-0.05, 0) is 30.7 Å². The lowest BCUT2D eigenvalue weighted by Gasteiger charge is -2.22. The first kappa shape index (κ1) is 14.4. The van der Waals surface area contributed by atoms with Crippen LogP contribution in [-0.4, -0.2) is 15.9 Å². The summed E-state index contributed by atoms with van der Waals surface area (Å²) in [5, 5.41) is 12.3. The van der Waals surface area contributed by atoms with Crippen LogP contribution < -0.4 is 0 Å². The molecule has 0 saturated carbocycles. The molecule has 0 saturated heterocycles. The van der Waals surface area contributed by atoms with E-state index < -0.39 is 0 Å². The standard InChI is InChI=1S/C21H12ClNO2/c1-10-6-7-15-13(8-10)17-11-4-2-3-5-12(11)20(24)19-18(17)16(23-15)9-14(22)21(19)25/h2-9,25H,1H3. The lowest BCUT2D eigenvalue weighted by atomic mass is 9.82. The van der Waals surface area contributed by atoms with Crippen LogP contribution in [0.3, 0.4) is 0 Å². The number of aryl methyl sites for hydroxylation is 1. The summed E-state index contributed by atoms with van der Waals surface area (Å²) in [7, 11) is 0. The molecule has 1 aromatic heterocycles. The number of aromatic hydroxyl groups is 1. The van der Waals surface area contributed by atoms with Crippen LogP contribution >= 0.6 is 11.6 Å². The second-order valence-corrected chi connectivity index (χ2v) is 6.77. The van der Waals surface area contributed by atoms with Crippen molar-refractivity contribution in [2.75, 3.05) is 0 Å². The van der Waals surface area contributed by atoms with Crippen molar-refractivity contribution in [2.45, 2.75) is 6.92 Å². The molecule has 0 amide bonds. The minimum absolute atomic E-state index is 0.139. The van der Waals surface area contributed by atoms with Gasteiger partial charge in [0.05, 0.1) is 21.6 Å². The molecule has 5 rings (SSSR count). The first-order valence-corrected chi connectivity index (χ1v) is 8.33. The summed E-state index contributed by atoms with van der Waals surface area (Å²) in [6.45, 7) is 2.02. The quantitative estimate of drug-likeness (QED) is 0.389. The molecule has 3 aromatic carbocycles. The van der Waals surface area contributed by atoms with E-state index in [4.69, 9.17) is 11.6 Å². The van der Waals surface area contributed by atoms with Gasteiger partial charge in [0.25, 0.3) is 0 Å². The first-order chi connectivity index (χ1) is 12.1. The second kappa shape index (κ2) is 4.80. The third-order valence-electron chi connectivity index (χ3n) is 4.81. The second-order valence-electron chi connectivity index (χ2n) is 6.36. The van der Waals surface area contributed by atoms with Crippen LogP contribution in [0.4, 0.5) is 0 Å². The molecule has 3 nitrogen and oxygen atoms in total. The van der Waals surface area contributed by atoms with Crippen LogP contribution in [0.15, 0.2) is 48.5 Å². The van der Waals surface area contributed by atoms with Crippen LogP contribution in [0.5, 0.6) is 5.75 Å². The van der Waals surface area contributed by atoms with E-state index >= 15 is 0 Å². The number of hydrogen-bond acceptors (Lipinski definition) is 3. The fourth-order valence-corrected chi connectivity index (χ4v) is 3.91. The molecule has 120 valence electrons. The summed E-state index contributed by atoms with van der Waals surface area (Å²) in [4.78, 5) is 17.7. The predicted octanol–water partition coefficient (Wildman–Crippen LogP) is 5.27. The maximum absolute atomic E-state index is 13.0. The third kappa shape index (κ3) is 1.81. The Hall–Kier alpha value is -2.91. The van der Waals surface area contributed by atoms with Crippen LogP contribution in [-0.2, 0) is 0 Å². The normalized spacial score (nSPS) is 12.6. The highest BCUT2D eigenvalue weighted by atomic mass is 35.5. The van der Waals surface area contributed by atoms with Crippen LogP contribution in [0.2, 0.25) is 5.02 Å². The zero-order valence-electron chi connectivity index (χ0n) is 13.3. The van der Waals surface area contributed by atoms with E-state index in [0.717, 1.165) is 27.6 Å². The van der Waals surface area contributed by atoms with Gasteiger partial charge in [-0.1, -0.05) is 47.5 Å². The van der Waals surface area contributed by atoms with Crippen LogP contribution in [0, 0.1) is 6.92 Å². The molecule has 25 heavy (non-hydrogen) atoms. The van der Waals surface area contributed by atoms with E-state index in [1.807, 2.05) is 37.3 Å². The predicted molar refractivity (Wildman–Crippen MR) is 99.5 cm³/mol. The van der Waals surface area contributed by atoms with Gasteiger partial charge in [-0.2, -0.15) is 0 Å². The zero-order chi connectivity index (χ0) is 17.3. The summed E-state index contributed by atoms with van der Waals surface area (Å²) in [6.07, 6.45) is 0. The van der Waals surface area contributed by atoms with Gasteiger partial charge >= 0.3 is 0 Å². The number of rotatable bonds is 0. The number of carbonyl (C=O) groups excluding carboxylic acids is 1. The van der Waals surface area contributed by atoms with Gasteiger partial charge in [-0.3, -0.25) is 4.79 Å². The van der Waals surface area contributed by atoms with Gasteiger partial charge in [0.15, 0.2) is 5.78 Å². The lowest BCUT2D eigenvalue weighted by molar-refractivity contribution is 0.103. The van der Waals surface area contributed by atoms with Gasteiger partial charge in [0.2, 0.25) is 0 Å². The SMILES string of the molecule is Cc1ccc2nc3cc(Cl)c(O)c4c3c(c2c1)-c1ccccc1C4=O. The Morgan fingerprint density at radius 1 is 0.960 bits per heavy atom. The van der Waals surface area contributed by atoms with Crippen LogP contribution in [0.1, 0.15) is 21.5 Å². The lowest BCUT2D eigenvalue weighted by Crippen LogP contribution is -2.11. The zero-order valence-corrected chi connectivity index (χ0v) is 14.1. The van der Waals surface area contributed by atoms with Gasteiger partial charge in [-0.15, -0.1) is 0 Å². The molecule has 0 spiro atoms. The molecule has 1 aliphatic carbocycles. The Balaban J connectivity index is 2.15. The van der Waals surface area contributed by atoms with Crippen molar-refractivity contribution in [3.05, 3.63) is 70.2 Å².